The van der Waals surface area contributed by atoms with Crippen LogP contribution in [-0.4, -0.2) is 41.4 Å². The van der Waals surface area contributed by atoms with Crippen molar-refractivity contribution in [3.8, 4) is 28.6 Å². The lowest BCUT2D eigenvalue weighted by Gasteiger charge is -2.19. The number of carbonyl (C=O) groups excluding carboxylic acids is 1. The molecule has 0 bridgehead atoms. The number of esters is 1. The highest BCUT2D eigenvalue weighted by Gasteiger charge is 2.29. The number of furan rings is 1. The van der Waals surface area contributed by atoms with Gasteiger partial charge in [0.05, 0.1) is 29.9 Å². The third-order valence-corrected chi connectivity index (χ3v) is 7.50. The van der Waals surface area contributed by atoms with E-state index in [9.17, 15) is 33.3 Å². The van der Waals surface area contributed by atoms with E-state index in [0.717, 1.165) is 0 Å². The summed E-state index contributed by atoms with van der Waals surface area (Å²) < 4.78 is 35.4. The van der Waals surface area contributed by atoms with Crippen LogP contribution in [0.25, 0.3) is 11.3 Å². The van der Waals surface area contributed by atoms with Crippen LogP contribution >= 0.6 is 0 Å². The van der Waals surface area contributed by atoms with Crippen molar-refractivity contribution >= 4 is 16.0 Å². The van der Waals surface area contributed by atoms with E-state index in [-0.39, 0.29) is 46.4 Å². The van der Waals surface area contributed by atoms with Gasteiger partial charge in [0.1, 0.15) is 17.3 Å². The summed E-state index contributed by atoms with van der Waals surface area (Å²) >= 11 is 0. The predicted molar refractivity (Wildman–Crippen MR) is 145 cm³/mol. The maximum Gasteiger partial charge on any atom is 0.306 e. The molecule has 11 nitrogen and oxygen atoms in total. The molecule has 0 spiro atoms. The molecule has 4 rings (SSSR count). The molecule has 1 unspecified atom stereocenters. The van der Waals surface area contributed by atoms with Crippen LogP contribution in [0.1, 0.15) is 34.9 Å². The number of hydrogen-bond acceptors (Lipinski definition) is 9. The fourth-order valence-electron chi connectivity index (χ4n) is 4.44. The number of rotatable bonds is 9. The zero-order valence-corrected chi connectivity index (χ0v) is 22.5. The Kier molecular flexibility index (Phi) is 8.03. The number of aryl methyl sites for hydroxylation is 2. The summed E-state index contributed by atoms with van der Waals surface area (Å²) in [5, 5.41) is 35.4. The third kappa shape index (κ3) is 6.03. The van der Waals surface area contributed by atoms with Crippen LogP contribution in [-0.2, 0) is 32.5 Å². The summed E-state index contributed by atoms with van der Waals surface area (Å²) in [4.78, 5) is 26.0. The largest absolute Gasteiger partial charge is 0.507 e. The number of benzene rings is 2. The van der Waals surface area contributed by atoms with E-state index >= 15 is 0 Å². The standard InChI is InChI=1S/C28H28N2O9S/c1-16-13-23(33)27(28(35)30(16)12-11-17-3-8-21(31)22(32)14-17)20(15-26(34)38-2)25-10-9-24(39-25)18-4-6-19(7-5-18)40(29,36)37/h3-10,13-14,20,31-33H,11-12,15H2,1-2H3,(H2,29,36,37). The highest BCUT2D eigenvalue weighted by molar-refractivity contribution is 7.89. The summed E-state index contributed by atoms with van der Waals surface area (Å²) in [5.74, 6) is -1.93. The summed E-state index contributed by atoms with van der Waals surface area (Å²) in [5.41, 5.74) is 1.07. The molecule has 0 aliphatic rings. The Labute approximate surface area is 229 Å². The molecule has 210 valence electrons. The third-order valence-electron chi connectivity index (χ3n) is 6.57. The Morgan fingerprint density at radius 1 is 1.00 bits per heavy atom. The number of methoxy groups -OCH3 is 1. The minimum Gasteiger partial charge on any atom is -0.507 e. The van der Waals surface area contributed by atoms with Crippen molar-refractivity contribution in [3.63, 3.8) is 0 Å². The molecule has 0 aliphatic heterocycles. The molecule has 40 heavy (non-hydrogen) atoms. The maximum atomic E-state index is 13.7. The van der Waals surface area contributed by atoms with Crippen molar-refractivity contribution in [2.24, 2.45) is 5.14 Å². The zero-order chi connectivity index (χ0) is 29.2. The summed E-state index contributed by atoms with van der Waals surface area (Å²) in [6.45, 7) is 1.84. The van der Waals surface area contributed by atoms with Gasteiger partial charge in [-0.3, -0.25) is 9.59 Å². The maximum absolute atomic E-state index is 13.7. The summed E-state index contributed by atoms with van der Waals surface area (Å²) in [7, 11) is -2.67. The number of sulfonamides is 1. The second-order valence-electron chi connectivity index (χ2n) is 9.22. The monoisotopic (exact) mass is 568 g/mol. The van der Waals surface area contributed by atoms with E-state index in [4.69, 9.17) is 14.3 Å². The van der Waals surface area contributed by atoms with Crippen LogP contribution < -0.4 is 10.7 Å². The number of primary sulfonamides is 1. The van der Waals surface area contributed by atoms with Crippen LogP contribution in [0.3, 0.4) is 0 Å². The molecule has 1 atom stereocenters. The number of aromatic hydroxyl groups is 3. The number of aromatic nitrogens is 1. The first-order chi connectivity index (χ1) is 18.9. The summed E-state index contributed by atoms with van der Waals surface area (Å²) in [6.07, 6.45) is 0.0331. The van der Waals surface area contributed by atoms with E-state index in [1.165, 1.54) is 54.1 Å². The molecular formula is C28H28N2O9S. The van der Waals surface area contributed by atoms with Gasteiger partial charge in [-0.1, -0.05) is 6.07 Å². The molecule has 0 amide bonds. The molecule has 2 aromatic carbocycles. The van der Waals surface area contributed by atoms with Gasteiger partial charge < -0.3 is 29.0 Å². The first-order valence-corrected chi connectivity index (χ1v) is 13.7. The number of nitrogens with zero attached hydrogens (tertiary/aromatic N) is 1. The minimum absolute atomic E-state index is 0.0602. The highest BCUT2D eigenvalue weighted by atomic mass is 32.2. The molecule has 0 saturated heterocycles. The van der Waals surface area contributed by atoms with Crippen LogP contribution in [0.2, 0.25) is 0 Å². The lowest BCUT2D eigenvalue weighted by molar-refractivity contribution is -0.140. The molecule has 0 fully saturated rings. The van der Waals surface area contributed by atoms with E-state index in [0.29, 0.717) is 29.0 Å². The number of hydrogen-bond donors (Lipinski definition) is 4. The average molecular weight is 569 g/mol. The van der Waals surface area contributed by atoms with Crippen molar-refractivity contribution in [1.82, 2.24) is 4.57 Å². The Bertz CT molecular complexity index is 1720. The van der Waals surface area contributed by atoms with Crippen LogP contribution in [0.15, 0.2) is 74.8 Å². The normalized spacial score (nSPS) is 12.3. The number of phenolic OH excluding ortho intramolecular Hbond substituents is 2. The van der Waals surface area contributed by atoms with Gasteiger partial charge in [0.15, 0.2) is 11.5 Å². The topological polar surface area (TPSA) is 182 Å². The fourth-order valence-corrected chi connectivity index (χ4v) is 4.95. The number of nitrogens with two attached hydrogens (primary N) is 1. The van der Waals surface area contributed by atoms with Gasteiger partial charge in [-0.2, -0.15) is 0 Å². The first kappa shape index (κ1) is 28.5. The van der Waals surface area contributed by atoms with Gasteiger partial charge in [-0.05, 0) is 73.5 Å². The van der Waals surface area contributed by atoms with Crippen molar-refractivity contribution in [2.45, 2.75) is 37.1 Å². The second-order valence-corrected chi connectivity index (χ2v) is 10.8. The smallest absolute Gasteiger partial charge is 0.306 e. The Balaban J connectivity index is 1.72. The lowest BCUT2D eigenvalue weighted by atomic mass is 9.93. The molecule has 2 aromatic heterocycles. The Hall–Kier alpha value is -4.55. The van der Waals surface area contributed by atoms with Crippen molar-refractivity contribution < 1.29 is 37.7 Å². The molecule has 5 N–H and O–H groups in total. The van der Waals surface area contributed by atoms with Crippen molar-refractivity contribution in [2.75, 3.05) is 7.11 Å². The van der Waals surface area contributed by atoms with Gasteiger partial charge in [-0.25, -0.2) is 13.6 Å². The summed E-state index contributed by atoms with van der Waals surface area (Å²) in [6, 6.07) is 14.6. The van der Waals surface area contributed by atoms with Crippen LogP contribution in [0, 0.1) is 6.92 Å². The molecule has 0 saturated carbocycles. The molecule has 0 radical (unpaired) electrons. The first-order valence-electron chi connectivity index (χ1n) is 12.1. The van der Waals surface area contributed by atoms with Crippen LogP contribution in [0.5, 0.6) is 17.2 Å². The number of phenols is 2. The van der Waals surface area contributed by atoms with E-state index in [1.54, 1.807) is 25.1 Å². The minimum atomic E-state index is -3.88. The molecule has 12 heteroatoms. The average Bonchev–Trinajstić information content (AvgIpc) is 3.39. The lowest BCUT2D eigenvalue weighted by Crippen LogP contribution is -2.29. The van der Waals surface area contributed by atoms with Crippen molar-refractivity contribution in [1.29, 1.82) is 0 Å². The SMILES string of the molecule is COC(=O)CC(c1ccc(-c2ccc(S(N)(=O)=O)cc2)o1)c1c(O)cc(C)n(CCc2ccc(O)c(O)c2)c1=O. The van der Waals surface area contributed by atoms with Gasteiger partial charge >= 0.3 is 5.97 Å². The highest BCUT2D eigenvalue weighted by Crippen LogP contribution is 2.36. The van der Waals surface area contributed by atoms with Gasteiger partial charge in [0.2, 0.25) is 10.0 Å². The van der Waals surface area contributed by atoms with E-state index in [2.05, 4.69) is 0 Å². The predicted octanol–water partition coefficient (Wildman–Crippen LogP) is 3.12. The fraction of sp³-hybridized carbons (Fsp3) is 0.214. The van der Waals surface area contributed by atoms with Gasteiger partial charge in [-0.15, -0.1) is 0 Å². The molecule has 0 aliphatic carbocycles. The van der Waals surface area contributed by atoms with Gasteiger partial charge in [0.25, 0.3) is 5.56 Å². The van der Waals surface area contributed by atoms with Crippen molar-refractivity contribution in [3.05, 3.63) is 93.6 Å². The number of carbonyl (C=O) groups is 1. The molecule has 2 heterocycles. The zero-order valence-electron chi connectivity index (χ0n) is 21.7. The number of pyridine rings is 1. The number of ether oxygens (including phenoxy) is 1. The van der Waals surface area contributed by atoms with E-state index in [1.807, 2.05) is 0 Å². The molecular weight excluding hydrogens is 540 g/mol. The molecule has 4 aromatic rings. The van der Waals surface area contributed by atoms with Crippen LogP contribution in [0.4, 0.5) is 0 Å². The quantitative estimate of drug-likeness (QED) is 0.174. The van der Waals surface area contributed by atoms with Gasteiger partial charge in [0, 0.05) is 17.8 Å². The second kappa shape index (κ2) is 11.3. The Morgan fingerprint density at radius 3 is 2.33 bits per heavy atom. The Morgan fingerprint density at radius 2 is 1.70 bits per heavy atom. The van der Waals surface area contributed by atoms with E-state index < -0.39 is 27.5 Å².